The Morgan fingerprint density at radius 2 is 1.80 bits per heavy atom. The summed E-state index contributed by atoms with van der Waals surface area (Å²) >= 11 is 0. The molecule has 6 nitrogen and oxygen atoms in total. The van der Waals surface area contributed by atoms with E-state index in [2.05, 4.69) is 16.5 Å². The van der Waals surface area contributed by atoms with E-state index in [4.69, 9.17) is 9.47 Å². The minimum atomic E-state index is 0.525. The van der Waals surface area contributed by atoms with Crippen molar-refractivity contribution in [3.05, 3.63) is 59.3 Å². The lowest BCUT2D eigenvalue weighted by molar-refractivity contribution is 0.346. The van der Waals surface area contributed by atoms with Crippen LogP contribution in [0.3, 0.4) is 0 Å². The van der Waals surface area contributed by atoms with E-state index in [1.54, 1.807) is 14.2 Å². The molecule has 0 bridgehead atoms. The molecule has 2 aromatic rings. The van der Waals surface area contributed by atoms with Crippen LogP contribution in [-0.4, -0.2) is 25.8 Å². The van der Waals surface area contributed by atoms with Gasteiger partial charge in [-0.2, -0.15) is 10.4 Å². The third-order valence-corrected chi connectivity index (χ3v) is 4.52. The van der Waals surface area contributed by atoms with Crippen molar-refractivity contribution in [1.82, 2.24) is 10.4 Å². The van der Waals surface area contributed by atoms with Crippen LogP contribution in [0, 0.1) is 11.3 Å². The number of anilines is 1. The normalized spacial score (nSPS) is 15.2. The third-order valence-electron chi connectivity index (χ3n) is 4.52. The van der Waals surface area contributed by atoms with Crippen molar-refractivity contribution in [3.8, 4) is 17.6 Å². The Labute approximate surface area is 146 Å². The lowest BCUT2D eigenvalue weighted by Crippen LogP contribution is -2.45. The second-order valence-electron chi connectivity index (χ2n) is 5.83. The number of methoxy groups -OCH3 is 2. The van der Waals surface area contributed by atoms with Gasteiger partial charge < -0.3 is 9.47 Å². The van der Waals surface area contributed by atoms with Gasteiger partial charge >= 0.3 is 0 Å². The van der Waals surface area contributed by atoms with E-state index in [9.17, 15) is 5.26 Å². The van der Waals surface area contributed by atoms with Crippen LogP contribution in [-0.2, 0) is 6.42 Å². The number of nitrogens with zero attached hydrogens (tertiary/aromatic N) is 3. The molecule has 2 heterocycles. The molecule has 2 aromatic carbocycles. The first-order valence-corrected chi connectivity index (χ1v) is 8.05. The van der Waals surface area contributed by atoms with Crippen LogP contribution in [0.2, 0.25) is 0 Å². The van der Waals surface area contributed by atoms with Crippen molar-refractivity contribution in [2.45, 2.75) is 6.42 Å². The highest BCUT2D eigenvalue weighted by atomic mass is 16.5. The fourth-order valence-corrected chi connectivity index (χ4v) is 3.36. The average molecular weight is 334 g/mol. The predicted molar refractivity (Wildman–Crippen MR) is 94.5 cm³/mol. The van der Waals surface area contributed by atoms with Crippen LogP contribution in [0.1, 0.15) is 11.1 Å². The molecular formula is C19H18N4O2. The molecule has 0 saturated heterocycles. The second kappa shape index (κ2) is 5.95. The molecule has 25 heavy (non-hydrogen) atoms. The topological polar surface area (TPSA) is 60.8 Å². The lowest BCUT2D eigenvalue weighted by Gasteiger charge is -2.36. The Balaban J connectivity index is 1.82. The summed E-state index contributed by atoms with van der Waals surface area (Å²) in [6.45, 7) is 0.769. The Morgan fingerprint density at radius 3 is 2.48 bits per heavy atom. The number of fused-ring (bicyclic) bond motifs is 3. The summed E-state index contributed by atoms with van der Waals surface area (Å²) in [5.74, 6) is 1.37. The van der Waals surface area contributed by atoms with Gasteiger partial charge in [-0.15, -0.1) is 0 Å². The van der Waals surface area contributed by atoms with Crippen molar-refractivity contribution in [1.29, 1.82) is 5.26 Å². The second-order valence-corrected chi connectivity index (χ2v) is 5.83. The van der Waals surface area contributed by atoms with Crippen molar-refractivity contribution < 1.29 is 9.47 Å². The van der Waals surface area contributed by atoms with E-state index in [0.717, 1.165) is 35.5 Å². The molecule has 0 aliphatic carbocycles. The van der Waals surface area contributed by atoms with Crippen LogP contribution in [0.5, 0.6) is 11.5 Å². The summed E-state index contributed by atoms with van der Waals surface area (Å²) in [6.07, 6.45) is 0.850. The summed E-state index contributed by atoms with van der Waals surface area (Å²) in [6, 6.07) is 16.2. The zero-order valence-corrected chi connectivity index (χ0v) is 14.1. The molecular weight excluding hydrogens is 316 g/mol. The summed E-state index contributed by atoms with van der Waals surface area (Å²) in [4.78, 5) is 0. The Morgan fingerprint density at radius 1 is 1.08 bits per heavy atom. The molecule has 0 fully saturated rings. The van der Waals surface area contributed by atoms with Crippen LogP contribution in [0.25, 0.3) is 5.70 Å². The minimum absolute atomic E-state index is 0.525. The quantitative estimate of drug-likeness (QED) is 0.931. The van der Waals surface area contributed by atoms with E-state index >= 15 is 0 Å². The van der Waals surface area contributed by atoms with Crippen molar-refractivity contribution >= 4 is 11.4 Å². The Kier molecular flexibility index (Phi) is 3.62. The molecule has 2 aliphatic rings. The molecule has 2 aliphatic heterocycles. The number of nitriles is 1. The molecule has 0 amide bonds. The number of rotatable bonds is 3. The van der Waals surface area contributed by atoms with Gasteiger partial charge in [-0.25, -0.2) is 0 Å². The van der Waals surface area contributed by atoms with Crippen molar-refractivity contribution in [3.63, 3.8) is 0 Å². The highest BCUT2D eigenvalue weighted by molar-refractivity contribution is 5.79. The maximum Gasteiger partial charge on any atom is 0.161 e. The minimum Gasteiger partial charge on any atom is -0.493 e. The van der Waals surface area contributed by atoms with Crippen molar-refractivity contribution in [2.75, 3.05) is 25.9 Å². The van der Waals surface area contributed by atoms with Gasteiger partial charge in [0.2, 0.25) is 0 Å². The van der Waals surface area contributed by atoms with Gasteiger partial charge in [0.05, 0.1) is 19.9 Å². The number of nitrogens with one attached hydrogen (secondary N) is 1. The number of para-hydroxylation sites is 1. The van der Waals surface area contributed by atoms with Crippen LogP contribution >= 0.6 is 0 Å². The molecule has 1 N–H and O–H groups in total. The Bertz CT molecular complexity index is 886. The van der Waals surface area contributed by atoms with Gasteiger partial charge in [-0.3, -0.25) is 10.4 Å². The predicted octanol–water partition coefficient (Wildman–Crippen LogP) is 2.69. The fourth-order valence-electron chi connectivity index (χ4n) is 3.36. The number of hydrogen-bond donors (Lipinski definition) is 1. The SMILES string of the molecule is COc1cc2c(cc1OC)C1=C(C#N)NN(c3ccccc3)N1CC2. The lowest BCUT2D eigenvalue weighted by atomic mass is 9.96. The van der Waals surface area contributed by atoms with Crippen molar-refractivity contribution in [2.24, 2.45) is 0 Å². The van der Waals surface area contributed by atoms with Gasteiger partial charge in [0, 0.05) is 12.1 Å². The molecule has 0 radical (unpaired) electrons. The molecule has 0 unspecified atom stereocenters. The van der Waals surface area contributed by atoms with Gasteiger partial charge in [0.15, 0.2) is 17.2 Å². The maximum absolute atomic E-state index is 9.64. The van der Waals surface area contributed by atoms with Gasteiger partial charge in [-0.05, 0) is 36.2 Å². The molecule has 0 saturated carbocycles. The summed E-state index contributed by atoms with van der Waals surface area (Å²) in [7, 11) is 3.25. The van der Waals surface area contributed by atoms with Gasteiger partial charge in [-0.1, -0.05) is 18.2 Å². The highest BCUT2D eigenvalue weighted by Gasteiger charge is 2.36. The molecule has 0 atom stereocenters. The fraction of sp³-hybridized carbons (Fsp3) is 0.211. The zero-order chi connectivity index (χ0) is 17.4. The third kappa shape index (κ3) is 2.32. The summed E-state index contributed by atoms with van der Waals surface area (Å²) < 4.78 is 10.9. The molecule has 4 rings (SSSR count). The largest absolute Gasteiger partial charge is 0.493 e. The summed E-state index contributed by atoms with van der Waals surface area (Å²) in [5.41, 5.74) is 7.73. The van der Waals surface area contributed by atoms with E-state index in [-0.39, 0.29) is 0 Å². The smallest absolute Gasteiger partial charge is 0.161 e. The molecule has 6 heteroatoms. The number of benzene rings is 2. The van der Waals surface area contributed by atoms with E-state index in [1.165, 1.54) is 0 Å². The van der Waals surface area contributed by atoms with E-state index in [0.29, 0.717) is 17.2 Å². The van der Waals surface area contributed by atoms with Crippen LogP contribution in [0.4, 0.5) is 5.69 Å². The number of hydrogen-bond acceptors (Lipinski definition) is 6. The zero-order valence-electron chi connectivity index (χ0n) is 14.1. The standard InChI is InChI=1S/C19H18N4O2/c1-24-17-10-13-8-9-22-19(15(13)11-18(17)25-2)16(12-20)21-23(22)14-6-4-3-5-7-14/h3-7,10-11,21H,8-9H2,1-2H3. The molecule has 126 valence electrons. The van der Waals surface area contributed by atoms with Crippen LogP contribution in [0.15, 0.2) is 48.2 Å². The first-order chi connectivity index (χ1) is 12.3. The number of allylic oxidation sites excluding steroid dienone is 1. The number of ether oxygens (including phenoxy) is 2. The van der Waals surface area contributed by atoms with Gasteiger partial charge in [0.1, 0.15) is 11.8 Å². The Hall–Kier alpha value is -3.33. The monoisotopic (exact) mass is 334 g/mol. The van der Waals surface area contributed by atoms with E-state index in [1.807, 2.05) is 47.6 Å². The molecule has 0 spiro atoms. The van der Waals surface area contributed by atoms with E-state index < -0.39 is 0 Å². The first kappa shape index (κ1) is 15.2. The first-order valence-electron chi connectivity index (χ1n) is 8.05. The number of hydrazine groups is 2. The average Bonchev–Trinajstić information content (AvgIpc) is 3.06. The van der Waals surface area contributed by atoms with Gasteiger partial charge in [0.25, 0.3) is 0 Å². The molecule has 0 aromatic heterocycles. The summed E-state index contributed by atoms with van der Waals surface area (Å²) in [5, 5.41) is 13.7. The highest BCUT2D eigenvalue weighted by Crippen LogP contribution is 2.41. The maximum atomic E-state index is 9.64. The van der Waals surface area contributed by atoms with Crippen LogP contribution < -0.4 is 20.0 Å².